The van der Waals surface area contributed by atoms with Crippen molar-refractivity contribution in [1.82, 2.24) is 24.5 Å². The number of aromatic nitrogens is 4. The van der Waals surface area contributed by atoms with Gasteiger partial charge in [-0.2, -0.15) is 9.61 Å². The van der Waals surface area contributed by atoms with Crippen molar-refractivity contribution in [3.05, 3.63) is 46.5 Å². The molecule has 1 amide bonds. The maximum absolute atomic E-state index is 12.9. The Morgan fingerprint density at radius 1 is 1.32 bits per heavy atom. The first-order valence-corrected chi connectivity index (χ1v) is 10.3. The van der Waals surface area contributed by atoms with Crippen molar-refractivity contribution in [2.45, 2.75) is 44.9 Å². The summed E-state index contributed by atoms with van der Waals surface area (Å²) in [7, 11) is 3.40. The highest BCUT2D eigenvalue weighted by Crippen LogP contribution is 2.24. The second-order valence-corrected chi connectivity index (χ2v) is 7.85. The van der Waals surface area contributed by atoms with Crippen molar-refractivity contribution in [2.75, 3.05) is 24.8 Å². The number of pyridine rings is 1. The molecule has 0 aromatic carbocycles. The zero-order valence-corrected chi connectivity index (χ0v) is 18.0. The predicted octanol–water partition coefficient (Wildman–Crippen LogP) is 2.16. The second-order valence-electron chi connectivity index (χ2n) is 7.85. The molecule has 3 N–H and O–H groups in total. The number of fused-ring (bicyclic) bond motifs is 1. The number of ether oxygens (including phenoxy) is 1. The van der Waals surface area contributed by atoms with Gasteiger partial charge in [-0.05, 0) is 38.8 Å². The summed E-state index contributed by atoms with van der Waals surface area (Å²) in [5, 5.41) is 13.5. The minimum Gasteiger partial charge on any atom is -0.379 e. The topological polar surface area (TPSA) is 115 Å². The second kappa shape index (κ2) is 8.38. The number of amides is 1. The zero-order chi connectivity index (χ0) is 22.1. The molecule has 2 atom stereocenters. The first-order valence-electron chi connectivity index (χ1n) is 10.3. The van der Waals surface area contributed by atoms with Crippen LogP contribution >= 0.6 is 0 Å². The van der Waals surface area contributed by atoms with Crippen molar-refractivity contribution in [2.24, 2.45) is 0 Å². The normalized spacial score (nSPS) is 18.1. The van der Waals surface area contributed by atoms with Crippen LogP contribution in [0.3, 0.4) is 0 Å². The molecule has 3 aromatic rings. The Morgan fingerprint density at radius 2 is 2.13 bits per heavy atom. The standard InChI is InChI=1S/C21H27N7O3/c1-12(2)27-9-5-6-15(21(27)30)24-17-10-18(22-3)28-19(26-17)13(11-23-28)20(29)25-14-7-8-16(14)31-4/h5-6,9-12,14,16,22H,7-8H2,1-4H3,(H,24,26)(H,25,29)/t14-,16+/m1/s1. The molecular formula is C21H27N7O3. The number of carbonyl (C=O) groups is 1. The van der Waals surface area contributed by atoms with Gasteiger partial charge >= 0.3 is 0 Å². The molecule has 0 spiro atoms. The third kappa shape index (κ3) is 3.86. The van der Waals surface area contributed by atoms with E-state index in [1.807, 2.05) is 19.9 Å². The molecule has 10 heteroatoms. The van der Waals surface area contributed by atoms with Gasteiger partial charge in [-0.1, -0.05) is 0 Å². The molecule has 0 bridgehead atoms. The highest BCUT2D eigenvalue weighted by Gasteiger charge is 2.33. The summed E-state index contributed by atoms with van der Waals surface area (Å²) in [4.78, 5) is 30.2. The number of methoxy groups -OCH3 is 1. The third-order valence-electron chi connectivity index (χ3n) is 5.60. The molecule has 3 heterocycles. The Kier molecular flexibility index (Phi) is 5.64. The Hall–Kier alpha value is -3.40. The highest BCUT2D eigenvalue weighted by molar-refractivity contribution is 6.00. The minimum atomic E-state index is -0.254. The molecule has 31 heavy (non-hydrogen) atoms. The number of carbonyl (C=O) groups excluding carboxylic acids is 1. The smallest absolute Gasteiger partial charge is 0.274 e. The molecule has 0 unspecified atom stereocenters. The SMILES string of the molecule is CNc1cc(Nc2cccn(C(C)C)c2=O)nc2c(C(=O)N[C@@H]3CC[C@@H]3OC)cnn12. The summed E-state index contributed by atoms with van der Waals surface area (Å²) in [6.45, 7) is 3.89. The highest BCUT2D eigenvalue weighted by atomic mass is 16.5. The van der Waals surface area contributed by atoms with Gasteiger partial charge in [0.25, 0.3) is 11.5 Å². The monoisotopic (exact) mass is 425 g/mol. The summed E-state index contributed by atoms with van der Waals surface area (Å²) < 4.78 is 8.56. The molecule has 10 nitrogen and oxygen atoms in total. The van der Waals surface area contributed by atoms with Crippen LogP contribution in [-0.4, -0.2) is 51.4 Å². The molecule has 4 rings (SSSR count). The van der Waals surface area contributed by atoms with E-state index in [9.17, 15) is 9.59 Å². The van der Waals surface area contributed by atoms with Gasteiger partial charge in [0.15, 0.2) is 5.65 Å². The molecule has 1 fully saturated rings. The zero-order valence-electron chi connectivity index (χ0n) is 18.0. The van der Waals surface area contributed by atoms with Gasteiger partial charge in [0.1, 0.15) is 22.9 Å². The quantitative estimate of drug-likeness (QED) is 0.531. The van der Waals surface area contributed by atoms with Crippen LogP contribution in [0.5, 0.6) is 0 Å². The van der Waals surface area contributed by atoms with E-state index in [4.69, 9.17) is 4.74 Å². The van der Waals surface area contributed by atoms with E-state index >= 15 is 0 Å². The lowest BCUT2D eigenvalue weighted by atomic mass is 9.89. The van der Waals surface area contributed by atoms with Crippen LogP contribution in [0.4, 0.5) is 17.3 Å². The fourth-order valence-corrected chi connectivity index (χ4v) is 3.68. The third-order valence-corrected chi connectivity index (χ3v) is 5.60. The van der Waals surface area contributed by atoms with E-state index in [-0.39, 0.29) is 29.7 Å². The van der Waals surface area contributed by atoms with Crippen LogP contribution < -0.4 is 21.5 Å². The minimum absolute atomic E-state index is 0.0173. The average Bonchev–Trinajstić information content (AvgIpc) is 3.16. The molecule has 164 valence electrons. The van der Waals surface area contributed by atoms with E-state index in [1.165, 1.54) is 6.20 Å². The molecule has 1 saturated carbocycles. The van der Waals surface area contributed by atoms with Crippen LogP contribution in [0, 0.1) is 0 Å². The molecule has 1 aliphatic carbocycles. The van der Waals surface area contributed by atoms with E-state index in [1.54, 1.807) is 41.6 Å². The Morgan fingerprint density at radius 3 is 2.77 bits per heavy atom. The fraction of sp³-hybridized carbons (Fsp3) is 0.429. The molecule has 0 saturated heterocycles. The summed E-state index contributed by atoms with van der Waals surface area (Å²) in [6.07, 6.45) is 5.09. The van der Waals surface area contributed by atoms with Crippen molar-refractivity contribution in [3.63, 3.8) is 0 Å². The van der Waals surface area contributed by atoms with E-state index in [2.05, 4.69) is 26.0 Å². The van der Waals surface area contributed by atoms with Crippen molar-refractivity contribution in [1.29, 1.82) is 0 Å². The van der Waals surface area contributed by atoms with Gasteiger partial charge < -0.3 is 25.3 Å². The van der Waals surface area contributed by atoms with E-state index in [0.29, 0.717) is 28.5 Å². The van der Waals surface area contributed by atoms with E-state index < -0.39 is 0 Å². The number of anilines is 3. The summed E-state index contributed by atoms with van der Waals surface area (Å²) in [6, 6.07) is 5.27. The number of hydrogen-bond acceptors (Lipinski definition) is 7. The Balaban J connectivity index is 1.68. The van der Waals surface area contributed by atoms with Gasteiger partial charge in [-0.3, -0.25) is 9.59 Å². The van der Waals surface area contributed by atoms with Crippen molar-refractivity contribution < 1.29 is 9.53 Å². The van der Waals surface area contributed by atoms with Crippen molar-refractivity contribution in [3.8, 4) is 0 Å². The van der Waals surface area contributed by atoms with E-state index in [0.717, 1.165) is 12.8 Å². The number of rotatable bonds is 7. The maximum atomic E-state index is 12.9. The van der Waals surface area contributed by atoms with Gasteiger partial charge in [-0.25, -0.2) is 4.98 Å². The molecule has 1 aliphatic rings. The van der Waals surface area contributed by atoms with Gasteiger partial charge in [-0.15, -0.1) is 0 Å². The number of nitrogens with one attached hydrogen (secondary N) is 3. The average molecular weight is 425 g/mol. The first kappa shape index (κ1) is 20.9. The van der Waals surface area contributed by atoms with Gasteiger partial charge in [0.05, 0.1) is 18.3 Å². The largest absolute Gasteiger partial charge is 0.379 e. The number of hydrogen-bond donors (Lipinski definition) is 3. The number of nitrogens with zero attached hydrogens (tertiary/aromatic N) is 4. The Labute approximate surface area is 179 Å². The summed E-state index contributed by atoms with van der Waals surface area (Å²) in [5.41, 5.74) is 1.00. The van der Waals surface area contributed by atoms with Crippen LogP contribution in [0.15, 0.2) is 35.4 Å². The lowest BCUT2D eigenvalue weighted by Gasteiger charge is -2.35. The Bertz CT molecular complexity index is 1170. The fourth-order valence-electron chi connectivity index (χ4n) is 3.68. The maximum Gasteiger partial charge on any atom is 0.274 e. The predicted molar refractivity (Wildman–Crippen MR) is 118 cm³/mol. The van der Waals surface area contributed by atoms with Crippen LogP contribution in [0.25, 0.3) is 5.65 Å². The van der Waals surface area contributed by atoms with Crippen LogP contribution in [0.2, 0.25) is 0 Å². The van der Waals surface area contributed by atoms with Crippen LogP contribution in [0.1, 0.15) is 43.1 Å². The van der Waals surface area contributed by atoms with Gasteiger partial charge in [0, 0.05) is 32.5 Å². The van der Waals surface area contributed by atoms with Gasteiger partial charge in [0.2, 0.25) is 0 Å². The molecule has 3 aromatic heterocycles. The first-order chi connectivity index (χ1) is 14.9. The van der Waals surface area contributed by atoms with Crippen molar-refractivity contribution >= 4 is 28.9 Å². The lowest BCUT2D eigenvalue weighted by Crippen LogP contribution is -2.51. The summed E-state index contributed by atoms with van der Waals surface area (Å²) in [5.74, 6) is 0.809. The molecular weight excluding hydrogens is 398 g/mol. The van der Waals surface area contributed by atoms with Crippen LogP contribution in [-0.2, 0) is 4.74 Å². The molecule has 0 radical (unpaired) electrons. The molecule has 0 aliphatic heterocycles. The summed E-state index contributed by atoms with van der Waals surface area (Å²) >= 11 is 0. The lowest BCUT2D eigenvalue weighted by molar-refractivity contribution is 0.00732.